The van der Waals surface area contributed by atoms with E-state index in [0.29, 0.717) is 38.1 Å². The average Bonchev–Trinajstić information content (AvgIpc) is 2.53. The second-order valence-electron chi connectivity index (χ2n) is 7.48. The van der Waals surface area contributed by atoms with Crippen molar-refractivity contribution < 1.29 is 32.5 Å². The number of ether oxygens (including phenoxy) is 2. The number of aliphatic hydroxyl groups is 1. The molecule has 0 spiro atoms. The van der Waals surface area contributed by atoms with Crippen molar-refractivity contribution in [2.75, 3.05) is 13.2 Å². The number of ketones is 1. The van der Waals surface area contributed by atoms with Crippen LogP contribution in [-0.4, -0.2) is 48.2 Å². The summed E-state index contributed by atoms with van der Waals surface area (Å²) in [5, 5.41) is 13.5. The van der Waals surface area contributed by atoms with E-state index in [2.05, 4.69) is 37.7 Å². The van der Waals surface area contributed by atoms with Crippen LogP contribution in [0.4, 0.5) is 13.2 Å². The summed E-state index contributed by atoms with van der Waals surface area (Å²) in [6.45, 7) is 9.39. The highest BCUT2D eigenvalue weighted by Gasteiger charge is 2.33. The van der Waals surface area contributed by atoms with Crippen molar-refractivity contribution in [3.63, 3.8) is 0 Å². The van der Waals surface area contributed by atoms with E-state index in [-0.39, 0.29) is 23.5 Å². The average molecular weight is 405 g/mol. The molecule has 0 saturated carbocycles. The van der Waals surface area contributed by atoms with Gasteiger partial charge >= 0.3 is 6.36 Å². The SMILES string of the molecule is CC(C)NC(C)C.O=C(CC1(O)CCOCC1)c1ccc(OC(F)(F)F)cc1. The molecule has 8 heteroatoms. The number of hydrogen-bond donors (Lipinski definition) is 2. The van der Waals surface area contributed by atoms with Gasteiger partial charge in [0.25, 0.3) is 0 Å². The van der Waals surface area contributed by atoms with Gasteiger partial charge in [-0.15, -0.1) is 13.2 Å². The minimum atomic E-state index is -4.76. The van der Waals surface area contributed by atoms with Gasteiger partial charge in [0.2, 0.25) is 0 Å². The third kappa shape index (κ3) is 10.1. The molecule has 0 aromatic heterocycles. The maximum absolute atomic E-state index is 12.1. The van der Waals surface area contributed by atoms with Crippen LogP contribution in [0.2, 0.25) is 0 Å². The Balaban J connectivity index is 0.000000480. The molecule has 0 radical (unpaired) electrons. The van der Waals surface area contributed by atoms with E-state index >= 15 is 0 Å². The van der Waals surface area contributed by atoms with Gasteiger partial charge in [0, 0.05) is 50.1 Å². The summed E-state index contributed by atoms with van der Waals surface area (Å²) < 4.78 is 44.9. The molecule has 0 unspecified atom stereocenters. The van der Waals surface area contributed by atoms with Crippen molar-refractivity contribution in [1.29, 1.82) is 0 Å². The van der Waals surface area contributed by atoms with E-state index < -0.39 is 12.0 Å². The second kappa shape index (κ2) is 10.8. The largest absolute Gasteiger partial charge is 0.573 e. The van der Waals surface area contributed by atoms with Gasteiger partial charge < -0.3 is 19.9 Å². The van der Waals surface area contributed by atoms with Gasteiger partial charge in [-0.2, -0.15) is 0 Å². The number of alkyl halides is 3. The third-order valence-electron chi connectivity index (χ3n) is 3.99. The molecule has 1 aliphatic heterocycles. The van der Waals surface area contributed by atoms with Crippen LogP contribution < -0.4 is 10.1 Å². The van der Waals surface area contributed by atoms with Gasteiger partial charge in [0.05, 0.1) is 5.60 Å². The third-order valence-corrected chi connectivity index (χ3v) is 3.99. The number of carbonyl (C=O) groups excluding carboxylic acids is 1. The van der Waals surface area contributed by atoms with Crippen LogP contribution >= 0.6 is 0 Å². The van der Waals surface area contributed by atoms with E-state index in [1.54, 1.807) is 0 Å². The van der Waals surface area contributed by atoms with Gasteiger partial charge in [-0.05, 0) is 24.3 Å². The zero-order valence-corrected chi connectivity index (χ0v) is 16.8. The first-order valence-electron chi connectivity index (χ1n) is 9.35. The maximum atomic E-state index is 12.1. The Kier molecular flexibility index (Phi) is 9.39. The summed E-state index contributed by atoms with van der Waals surface area (Å²) in [4.78, 5) is 12.1. The Morgan fingerprint density at radius 2 is 1.64 bits per heavy atom. The van der Waals surface area contributed by atoms with Crippen molar-refractivity contribution in [2.24, 2.45) is 0 Å². The lowest BCUT2D eigenvalue weighted by Gasteiger charge is -2.31. The zero-order chi connectivity index (χ0) is 21.4. The Bertz CT molecular complexity index is 588. The lowest BCUT2D eigenvalue weighted by Crippen LogP contribution is -2.38. The molecule has 0 atom stereocenters. The highest BCUT2D eigenvalue weighted by molar-refractivity contribution is 5.96. The number of hydrogen-bond acceptors (Lipinski definition) is 5. The molecule has 1 aromatic carbocycles. The fourth-order valence-electron chi connectivity index (χ4n) is 2.84. The number of benzene rings is 1. The van der Waals surface area contributed by atoms with E-state index in [9.17, 15) is 23.1 Å². The molecule has 1 aromatic rings. The van der Waals surface area contributed by atoms with Crippen LogP contribution in [0.1, 0.15) is 57.3 Å². The van der Waals surface area contributed by atoms with Crippen LogP contribution in [0.3, 0.4) is 0 Å². The highest BCUT2D eigenvalue weighted by Crippen LogP contribution is 2.27. The monoisotopic (exact) mass is 405 g/mol. The summed E-state index contributed by atoms with van der Waals surface area (Å²) in [6, 6.07) is 5.92. The second-order valence-corrected chi connectivity index (χ2v) is 7.48. The maximum Gasteiger partial charge on any atom is 0.573 e. The van der Waals surface area contributed by atoms with Crippen LogP contribution in [-0.2, 0) is 4.74 Å². The molecule has 2 N–H and O–H groups in total. The Labute approximate surface area is 164 Å². The molecular formula is C20H30F3NO4. The lowest BCUT2D eigenvalue weighted by atomic mass is 9.87. The minimum absolute atomic E-state index is 0.0736. The minimum Gasteiger partial charge on any atom is -0.406 e. The first kappa shape index (κ1) is 24.4. The van der Waals surface area contributed by atoms with Crippen molar-refractivity contribution in [2.45, 2.75) is 71.0 Å². The van der Waals surface area contributed by atoms with E-state index in [1.807, 2.05) is 0 Å². The molecule has 1 saturated heterocycles. The number of rotatable bonds is 6. The standard InChI is InChI=1S/C14H15F3O4.C6H15N/c15-14(16,17)21-11-3-1-10(2-4-11)12(18)9-13(19)5-7-20-8-6-13;1-5(2)7-6(3)4/h1-4,19H,5-9H2;5-7H,1-4H3. The van der Waals surface area contributed by atoms with E-state index in [1.165, 1.54) is 12.1 Å². The molecule has 0 amide bonds. The smallest absolute Gasteiger partial charge is 0.406 e. The van der Waals surface area contributed by atoms with Crippen molar-refractivity contribution in [3.05, 3.63) is 29.8 Å². The Morgan fingerprint density at radius 1 is 1.14 bits per heavy atom. The zero-order valence-electron chi connectivity index (χ0n) is 16.8. The number of Topliss-reactive ketones (excluding diaryl/α,β-unsaturated/α-hetero) is 1. The van der Waals surface area contributed by atoms with Gasteiger partial charge in [-0.3, -0.25) is 4.79 Å². The summed E-state index contributed by atoms with van der Waals surface area (Å²) in [6.07, 6.45) is -4.10. The van der Waals surface area contributed by atoms with Gasteiger partial charge in [-0.25, -0.2) is 0 Å². The number of halogens is 3. The lowest BCUT2D eigenvalue weighted by molar-refractivity contribution is -0.274. The van der Waals surface area contributed by atoms with Crippen molar-refractivity contribution in [3.8, 4) is 5.75 Å². The predicted molar refractivity (Wildman–Crippen MR) is 100 cm³/mol. The molecule has 5 nitrogen and oxygen atoms in total. The van der Waals surface area contributed by atoms with Crippen LogP contribution in [0.25, 0.3) is 0 Å². The molecule has 1 heterocycles. The highest BCUT2D eigenvalue weighted by atomic mass is 19.4. The van der Waals surface area contributed by atoms with Crippen molar-refractivity contribution >= 4 is 5.78 Å². The molecule has 2 rings (SSSR count). The van der Waals surface area contributed by atoms with E-state index in [0.717, 1.165) is 12.1 Å². The first-order chi connectivity index (χ1) is 12.9. The normalized spacial score (nSPS) is 16.5. The summed E-state index contributed by atoms with van der Waals surface area (Å²) >= 11 is 0. The van der Waals surface area contributed by atoms with Gasteiger partial charge in [-0.1, -0.05) is 27.7 Å². The molecule has 0 aliphatic carbocycles. The van der Waals surface area contributed by atoms with Gasteiger partial charge in [0.15, 0.2) is 5.78 Å². The summed E-state index contributed by atoms with van der Waals surface area (Å²) in [5.41, 5.74) is -0.860. The Morgan fingerprint density at radius 3 is 2.04 bits per heavy atom. The fourth-order valence-corrected chi connectivity index (χ4v) is 2.84. The molecule has 1 fully saturated rings. The molecule has 28 heavy (non-hydrogen) atoms. The first-order valence-corrected chi connectivity index (χ1v) is 9.35. The van der Waals surface area contributed by atoms with Crippen LogP contribution in [0.5, 0.6) is 5.75 Å². The summed E-state index contributed by atoms with van der Waals surface area (Å²) in [5.74, 6) is -0.707. The number of carbonyl (C=O) groups is 1. The fraction of sp³-hybridized carbons (Fsp3) is 0.650. The predicted octanol–water partition coefficient (Wildman–Crippen LogP) is 4.09. The molecular weight excluding hydrogens is 375 g/mol. The molecule has 160 valence electrons. The topological polar surface area (TPSA) is 67.8 Å². The van der Waals surface area contributed by atoms with Crippen molar-refractivity contribution in [1.82, 2.24) is 5.32 Å². The van der Waals surface area contributed by atoms with Crippen LogP contribution in [0.15, 0.2) is 24.3 Å². The van der Waals surface area contributed by atoms with Crippen LogP contribution in [0, 0.1) is 0 Å². The van der Waals surface area contributed by atoms with Gasteiger partial charge in [0.1, 0.15) is 5.75 Å². The number of nitrogens with one attached hydrogen (secondary N) is 1. The Hall–Kier alpha value is -1.64. The molecule has 1 aliphatic rings. The quantitative estimate of drug-likeness (QED) is 0.698. The molecule has 0 bridgehead atoms. The summed E-state index contributed by atoms with van der Waals surface area (Å²) in [7, 11) is 0. The van der Waals surface area contributed by atoms with E-state index in [4.69, 9.17) is 4.74 Å².